The molecule has 0 aliphatic heterocycles. The lowest BCUT2D eigenvalue weighted by molar-refractivity contribution is 1.34. The number of rotatable bonds is 2. The zero-order valence-corrected chi connectivity index (χ0v) is 10.4. The molecule has 0 heterocycles. The van der Waals surface area contributed by atoms with Gasteiger partial charge in [0, 0.05) is 5.88 Å². The van der Waals surface area contributed by atoms with E-state index >= 15 is 0 Å². The summed E-state index contributed by atoms with van der Waals surface area (Å²) >= 11 is 5.88. The summed E-state index contributed by atoms with van der Waals surface area (Å²) in [5.41, 5.74) is 6.36. The van der Waals surface area contributed by atoms with Crippen LogP contribution in [0.1, 0.15) is 16.7 Å². The monoisotopic (exact) mass is 230 g/mol. The van der Waals surface area contributed by atoms with Crippen LogP contribution in [-0.2, 0) is 5.88 Å². The van der Waals surface area contributed by atoms with Crippen LogP contribution in [0, 0.1) is 13.8 Å². The molecular weight excluding hydrogens is 216 g/mol. The highest BCUT2D eigenvalue weighted by molar-refractivity contribution is 6.17. The fraction of sp³-hybridized carbons (Fsp3) is 0.200. The highest BCUT2D eigenvalue weighted by atomic mass is 35.5. The van der Waals surface area contributed by atoms with E-state index < -0.39 is 0 Å². The summed E-state index contributed by atoms with van der Waals surface area (Å²) in [6, 6.07) is 14.9. The van der Waals surface area contributed by atoms with Crippen molar-refractivity contribution in [3.05, 3.63) is 59.2 Å². The molecule has 0 radical (unpaired) electrons. The lowest BCUT2D eigenvalue weighted by Crippen LogP contribution is -1.88. The van der Waals surface area contributed by atoms with Crippen molar-refractivity contribution < 1.29 is 0 Å². The number of hydrogen-bond donors (Lipinski definition) is 0. The zero-order chi connectivity index (χ0) is 11.5. The molecule has 0 aromatic heterocycles. The van der Waals surface area contributed by atoms with Crippen molar-refractivity contribution in [2.24, 2.45) is 0 Å². The molecule has 0 spiro atoms. The smallest absolute Gasteiger partial charge is 0.0474 e. The summed E-state index contributed by atoms with van der Waals surface area (Å²) in [5.74, 6) is 0.569. The van der Waals surface area contributed by atoms with E-state index in [4.69, 9.17) is 11.6 Å². The zero-order valence-electron chi connectivity index (χ0n) is 9.63. The predicted molar refractivity (Wildman–Crippen MR) is 70.9 cm³/mol. The molecule has 0 aliphatic rings. The fourth-order valence-corrected chi connectivity index (χ4v) is 2.08. The van der Waals surface area contributed by atoms with Gasteiger partial charge < -0.3 is 0 Å². The molecule has 2 aromatic rings. The third-order valence-corrected chi connectivity index (χ3v) is 3.20. The van der Waals surface area contributed by atoms with E-state index in [1.54, 1.807) is 0 Å². The van der Waals surface area contributed by atoms with Crippen LogP contribution in [0.25, 0.3) is 11.1 Å². The molecule has 0 fully saturated rings. The molecule has 0 N–H and O–H groups in total. The fourth-order valence-electron chi connectivity index (χ4n) is 1.92. The second kappa shape index (κ2) is 4.71. The van der Waals surface area contributed by atoms with E-state index in [1.807, 2.05) is 0 Å². The lowest BCUT2D eigenvalue weighted by Gasteiger charge is -2.10. The van der Waals surface area contributed by atoms with E-state index in [-0.39, 0.29) is 0 Å². The van der Waals surface area contributed by atoms with Crippen molar-refractivity contribution in [1.29, 1.82) is 0 Å². The maximum Gasteiger partial charge on any atom is 0.0474 e. The van der Waals surface area contributed by atoms with Crippen molar-refractivity contribution in [2.75, 3.05) is 0 Å². The van der Waals surface area contributed by atoms with Gasteiger partial charge in [0.2, 0.25) is 0 Å². The molecule has 0 amide bonds. The molecule has 82 valence electrons. The van der Waals surface area contributed by atoms with Crippen LogP contribution in [0.15, 0.2) is 42.5 Å². The SMILES string of the molecule is Cc1ccccc1-c1cc(CCl)ccc1C. The van der Waals surface area contributed by atoms with Crippen LogP contribution in [-0.4, -0.2) is 0 Å². The Morgan fingerprint density at radius 1 is 0.875 bits per heavy atom. The molecule has 2 rings (SSSR count). The standard InChI is InChI=1S/C15H15Cl/c1-11-5-3-4-6-14(11)15-9-13(10-16)8-7-12(15)2/h3-9H,10H2,1-2H3. The first-order valence-corrected chi connectivity index (χ1v) is 5.97. The van der Waals surface area contributed by atoms with Gasteiger partial charge in [-0.3, -0.25) is 0 Å². The molecule has 0 unspecified atom stereocenters. The van der Waals surface area contributed by atoms with Crippen LogP contribution >= 0.6 is 11.6 Å². The van der Waals surface area contributed by atoms with Gasteiger partial charge in [-0.1, -0.05) is 36.4 Å². The maximum atomic E-state index is 5.88. The Morgan fingerprint density at radius 2 is 1.56 bits per heavy atom. The van der Waals surface area contributed by atoms with Gasteiger partial charge in [-0.2, -0.15) is 0 Å². The third-order valence-electron chi connectivity index (χ3n) is 2.89. The van der Waals surface area contributed by atoms with Crippen molar-refractivity contribution in [1.82, 2.24) is 0 Å². The number of hydrogen-bond acceptors (Lipinski definition) is 0. The van der Waals surface area contributed by atoms with Gasteiger partial charge in [0.25, 0.3) is 0 Å². The van der Waals surface area contributed by atoms with Crippen molar-refractivity contribution in [3.63, 3.8) is 0 Å². The molecular formula is C15H15Cl. The third kappa shape index (κ3) is 2.12. The normalized spacial score (nSPS) is 10.4. The number of benzene rings is 2. The molecule has 0 atom stereocenters. The Balaban J connectivity index is 2.59. The van der Waals surface area contributed by atoms with Crippen LogP contribution < -0.4 is 0 Å². The minimum absolute atomic E-state index is 0.569. The first kappa shape index (κ1) is 11.2. The summed E-state index contributed by atoms with van der Waals surface area (Å²) < 4.78 is 0. The number of aryl methyl sites for hydroxylation is 2. The summed E-state index contributed by atoms with van der Waals surface area (Å²) in [6.07, 6.45) is 0. The second-order valence-electron chi connectivity index (χ2n) is 4.10. The molecule has 0 saturated heterocycles. The molecule has 2 aromatic carbocycles. The highest BCUT2D eigenvalue weighted by Gasteiger charge is 2.05. The number of halogens is 1. The Bertz CT molecular complexity index is 501. The van der Waals surface area contributed by atoms with E-state index in [1.165, 1.54) is 27.8 Å². The van der Waals surface area contributed by atoms with Crippen molar-refractivity contribution in [2.45, 2.75) is 19.7 Å². The van der Waals surface area contributed by atoms with Gasteiger partial charge in [0.05, 0.1) is 0 Å². The van der Waals surface area contributed by atoms with E-state index in [0.717, 1.165) is 0 Å². The van der Waals surface area contributed by atoms with Crippen LogP contribution in [0.4, 0.5) is 0 Å². The summed E-state index contributed by atoms with van der Waals surface area (Å²) in [7, 11) is 0. The van der Waals surface area contributed by atoms with Gasteiger partial charge in [-0.15, -0.1) is 11.6 Å². The van der Waals surface area contributed by atoms with Gasteiger partial charge >= 0.3 is 0 Å². The molecule has 0 aliphatic carbocycles. The number of alkyl halides is 1. The largest absolute Gasteiger partial charge is 0.122 e. The molecule has 0 nitrogen and oxygen atoms in total. The van der Waals surface area contributed by atoms with Crippen molar-refractivity contribution >= 4 is 11.6 Å². The average Bonchev–Trinajstić information content (AvgIpc) is 2.31. The predicted octanol–water partition coefficient (Wildman–Crippen LogP) is 4.71. The van der Waals surface area contributed by atoms with Gasteiger partial charge in [-0.05, 0) is 47.7 Å². The Morgan fingerprint density at radius 3 is 2.25 bits per heavy atom. The van der Waals surface area contributed by atoms with Crippen LogP contribution in [0.2, 0.25) is 0 Å². The van der Waals surface area contributed by atoms with E-state index in [2.05, 4.69) is 56.3 Å². The first-order chi connectivity index (χ1) is 7.72. The second-order valence-corrected chi connectivity index (χ2v) is 4.37. The molecule has 1 heteroatoms. The van der Waals surface area contributed by atoms with Gasteiger partial charge in [-0.25, -0.2) is 0 Å². The maximum absolute atomic E-state index is 5.88. The Labute approximate surface area is 102 Å². The quantitative estimate of drug-likeness (QED) is 0.656. The van der Waals surface area contributed by atoms with E-state index in [9.17, 15) is 0 Å². The summed E-state index contributed by atoms with van der Waals surface area (Å²) in [5, 5.41) is 0. The van der Waals surface area contributed by atoms with Crippen LogP contribution in [0.5, 0.6) is 0 Å². The van der Waals surface area contributed by atoms with Crippen LogP contribution in [0.3, 0.4) is 0 Å². The van der Waals surface area contributed by atoms with E-state index in [0.29, 0.717) is 5.88 Å². The molecule has 0 bridgehead atoms. The molecule has 0 saturated carbocycles. The minimum Gasteiger partial charge on any atom is -0.122 e. The molecule has 16 heavy (non-hydrogen) atoms. The average molecular weight is 231 g/mol. The first-order valence-electron chi connectivity index (χ1n) is 5.44. The summed E-state index contributed by atoms with van der Waals surface area (Å²) in [6.45, 7) is 4.28. The Hall–Kier alpha value is -1.27. The topological polar surface area (TPSA) is 0 Å². The lowest BCUT2D eigenvalue weighted by atomic mass is 9.95. The Kier molecular flexibility index (Phi) is 3.31. The highest BCUT2D eigenvalue weighted by Crippen LogP contribution is 2.27. The van der Waals surface area contributed by atoms with Crippen molar-refractivity contribution in [3.8, 4) is 11.1 Å². The van der Waals surface area contributed by atoms with Gasteiger partial charge in [0.15, 0.2) is 0 Å². The van der Waals surface area contributed by atoms with Gasteiger partial charge in [0.1, 0.15) is 0 Å². The summed E-state index contributed by atoms with van der Waals surface area (Å²) in [4.78, 5) is 0. The minimum atomic E-state index is 0.569.